The first-order valence-corrected chi connectivity index (χ1v) is 11.4. The molecule has 0 atom stereocenters. The van der Waals surface area contributed by atoms with Gasteiger partial charge in [-0.3, -0.25) is 0 Å². The molecular weight excluding hydrogens is 300 g/mol. The van der Waals surface area contributed by atoms with Crippen molar-refractivity contribution < 1.29 is 9.22 Å². The molecule has 0 aliphatic carbocycles. The van der Waals surface area contributed by atoms with E-state index < -0.39 is 8.32 Å². The minimum Gasteiger partial charge on any atom is -0.544 e. The van der Waals surface area contributed by atoms with Crippen molar-refractivity contribution in [1.82, 2.24) is 0 Å². The maximum absolute atomic E-state index is 10.2. The van der Waals surface area contributed by atoms with Crippen LogP contribution in [-0.4, -0.2) is 14.6 Å². The van der Waals surface area contributed by atoms with Gasteiger partial charge in [-0.25, -0.2) is 0 Å². The summed E-state index contributed by atoms with van der Waals surface area (Å²) < 4.78 is 6.26. The second-order valence-electron chi connectivity index (χ2n) is 7.45. The van der Waals surface area contributed by atoms with E-state index in [1.165, 1.54) is 0 Å². The van der Waals surface area contributed by atoms with E-state index in [1.54, 1.807) is 0 Å². The predicted molar refractivity (Wildman–Crippen MR) is 100 cm³/mol. The van der Waals surface area contributed by atoms with E-state index in [-0.39, 0.29) is 5.04 Å². The number of aldehydes is 1. The van der Waals surface area contributed by atoms with Crippen molar-refractivity contribution in [2.45, 2.75) is 71.0 Å². The molecule has 0 N–H and O–H groups in total. The molecule has 126 valence electrons. The lowest BCUT2D eigenvalue weighted by molar-refractivity contribution is -0.107. The summed E-state index contributed by atoms with van der Waals surface area (Å²) in [5, 5.41) is 0.204. The Bertz CT molecular complexity index is 542. The van der Waals surface area contributed by atoms with E-state index in [4.69, 9.17) is 4.43 Å². The van der Waals surface area contributed by atoms with Crippen molar-refractivity contribution in [2.24, 2.45) is 0 Å². The molecule has 0 aliphatic heterocycles. The molecule has 0 bridgehead atoms. The summed E-state index contributed by atoms with van der Waals surface area (Å²) in [6, 6.07) is 8.10. The number of benzene rings is 1. The highest BCUT2D eigenvalue weighted by Crippen LogP contribution is 2.37. The topological polar surface area (TPSA) is 26.3 Å². The Balaban J connectivity index is 2.50. The number of unbranched alkanes of at least 4 members (excludes halogenated alkanes) is 4. The first-order chi connectivity index (χ1) is 10.8. The van der Waals surface area contributed by atoms with Gasteiger partial charge in [0.15, 0.2) is 0 Å². The van der Waals surface area contributed by atoms with E-state index in [9.17, 15) is 4.79 Å². The molecule has 0 aliphatic rings. The molecule has 0 spiro atoms. The third-order valence-electron chi connectivity index (χ3n) is 4.39. The molecule has 2 nitrogen and oxygen atoms in total. The lowest BCUT2D eigenvalue weighted by Crippen LogP contribution is -2.43. The standard InChI is InChI=1S/C20H30O2Si/c1-20(2,3)23(4,5)22-19-15-13-18(14-16-19)12-10-8-6-7-9-11-17-21/h13-17H,6-9,11H2,1-5H3. The van der Waals surface area contributed by atoms with Gasteiger partial charge < -0.3 is 9.22 Å². The Morgan fingerprint density at radius 3 is 2.30 bits per heavy atom. The quantitative estimate of drug-likeness (QED) is 0.283. The molecule has 0 amide bonds. The van der Waals surface area contributed by atoms with Crippen LogP contribution in [-0.2, 0) is 4.79 Å². The molecule has 0 radical (unpaired) electrons. The summed E-state index contributed by atoms with van der Waals surface area (Å²) in [5.41, 5.74) is 1.03. The van der Waals surface area contributed by atoms with Crippen molar-refractivity contribution in [3.63, 3.8) is 0 Å². The van der Waals surface area contributed by atoms with Crippen LogP contribution in [0.3, 0.4) is 0 Å². The van der Waals surface area contributed by atoms with Gasteiger partial charge in [-0.05, 0) is 55.2 Å². The molecule has 1 aromatic rings. The normalized spacial score (nSPS) is 11.5. The second-order valence-corrected chi connectivity index (χ2v) is 12.2. The Morgan fingerprint density at radius 2 is 1.74 bits per heavy atom. The van der Waals surface area contributed by atoms with Gasteiger partial charge in [0, 0.05) is 18.4 Å². The Hall–Kier alpha value is -1.53. The van der Waals surface area contributed by atoms with Crippen LogP contribution in [0.15, 0.2) is 24.3 Å². The number of hydrogen-bond donors (Lipinski definition) is 0. The highest BCUT2D eigenvalue weighted by Gasteiger charge is 2.38. The molecule has 0 heterocycles. The zero-order chi connectivity index (χ0) is 17.3. The van der Waals surface area contributed by atoms with E-state index in [2.05, 4.69) is 45.7 Å². The third kappa shape index (κ3) is 7.05. The first-order valence-electron chi connectivity index (χ1n) is 8.48. The maximum Gasteiger partial charge on any atom is 0.250 e. The third-order valence-corrected chi connectivity index (χ3v) is 8.75. The van der Waals surface area contributed by atoms with Crippen LogP contribution in [0.1, 0.15) is 58.4 Å². The highest BCUT2D eigenvalue weighted by atomic mass is 28.4. The average molecular weight is 331 g/mol. The Morgan fingerprint density at radius 1 is 1.09 bits per heavy atom. The molecule has 0 unspecified atom stereocenters. The minimum absolute atomic E-state index is 0.204. The van der Waals surface area contributed by atoms with E-state index >= 15 is 0 Å². The molecule has 1 aromatic carbocycles. The maximum atomic E-state index is 10.2. The molecule has 0 saturated heterocycles. The molecule has 0 aromatic heterocycles. The van der Waals surface area contributed by atoms with E-state index in [0.29, 0.717) is 6.42 Å². The molecule has 23 heavy (non-hydrogen) atoms. The van der Waals surface area contributed by atoms with Crippen molar-refractivity contribution >= 4 is 14.6 Å². The SMILES string of the molecule is CC(C)(C)[Si](C)(C)Oc1ccc(C#CCCCCCC=O)cc1. The van der Waals surface area contributed by atoms with Gasteiger partial charge in [0.2, 0.25) is 8.32 Å². The van der Waals surface area contributed by atoms with Crippen LogP contribution in [0.25, 0.3) is 0 Å². The second kappa shape index (κ2) is 8.93. The summed E-state index contributed by atoms with van der Waals surface area (Å²) in [6.45, 7) is 11.2. The number of carbonyl (C=O) groups is 1. The zero-order valence-electron chi connectivity index (χ0n) is 15.2. The van der Waals surface area contributed by atoms with Gasteiger partial charge >= 0.3 is 0 Å². The molecular formula is C20H30O2Si. The van der Waals surface area contributed by atoms with Crippen LogP contribution in [0.4, 0.5) is 0 Å². The van der Waals surface area contributed by atoms with Gasteiger partial charge in [0.1, 0.15) is 12.0 Å². The molecule has 3 heteroatoms. The van der Waals surface area contributed by atoms with Gasteiger partial charge in [-0.1, -0.05) is 39.0 Å². The number of hydrogen-bond acceptors (Lipinski definition) is 2. The monoisotopic (exact) mass is 330 g/mol. The zero-order valence-corrected chi connectivity index (χ0v) is 16.2. The van der Waals surface area contributed by atoms with Crippen LogP contribution in [0, 0.1) is 11.8 Å². The van der Waals surface area contributed by atoms with E-state index in [1.807, 2.05) is 24.3 Å². The van der Waals surface area contributed by atoms with Crippen LogP contribution >= 0.6 is 0 Å². The summed E-state index contributed by atoms with van der Waals surface area (Å²) in [5.74, 6) is 7.33. The summed E-state index contributed by atoms with van der Waals surface area (Å²) in [7, 11) is -1.77. The lowest BCUT2D eigenvalue weighted by atomic mass is 10.1. The summed E-state index contributed by atoms with van der Waals surface area (Å²) in [6.07, 6.45) is 5.66. The summed E-state index contributed by atoms with van der Waals surface area (Å²) >= 11 is 0. The fraction of sp³-hybridized carbons (Fsp3) is 0.550. The van der Waals surface area contributed by atoms with Crippen molar-refractivity contribution in [2.75, 3.05) is 0 Å². The number of rotatable bonds is 7. The highest BCUT2D eigenvalue weighted by molar-refractivity contribution is 6.74. The Kier molecular flexibility index (Phi) is 7.58. The van der Waals surface area contributed by atoms with Crippen LogP contribution in [0.2, 0.25) is 18.1 Å². The van der Waals surface area contributed by atoms with Crippen LogP contribution < -0.4 is 4.43 Å². The lowest BCUT2D eigenvalue weighted by Gasteiger charge is -2.36. The fourth-order valence-electron chi connectivity index (χ4n) is 1.84. The smallest absolute Gasteiger partial charge is 0.250 e. The van der Waals surface area contributed by atoms with E-state index in [0.717, 1.165) is 43.3 Å². The van der Waals surface area contributed by atoms with Crippen molar-refractivity contribution in [3.8, 4) is 17.6 Å². The number of carbonyl (C=O) groups excluding carboxylic acids is 1. The fourth-order valence-corrected chi connectivity index (χ4v) is 2.87. The molecule has 1 rings (SSSR count). The minimum atomic E-state index is -1.77. The van der Waals surface area contributed by atoms with Gasteiger partial charge in [0.05, 0.1) is 0 Å². The van der Waals surface area contributed by atoms with Gasteiger partial charge in [-0.2, -0.15) is 0 Å². The predicted octanol–water partition coefficient (Wildman–Crippen LogP) is 5.57. The van der Waals surface area contributed by atoms with Gasteiger partial charge in [-0.15, -0.1) is 0 Å². The first kappa shape index (κ1) is 19.5. The van der Waals surface area contributed by atoms with Crippen molar-refractivity contribution in [3.05, 3.63) is 29.8 Å². The van der Waals surface area contributed by atoms with Gasteiger partial charge in [0.25, 0.3) is 0 Å². The van der Waals surface area contributed by atoms with Crippen LogP contribution in [0.5, 0.6) is 5.75 Å². The summed E-state index contributed by atoms with van der Waals surface area (Å²) in [4.78, 5) is 10.2. The molecule has 0 saturated carbocycles. The van der Waals surface area contributed by atoms with Crippen molar-refractivity contribution in [1.29, 1.82) is 0 Å². The largest absolute Gasteiger partial charge is 0.544 e. The average Bonchev–Trinajstić information content (AvgIpc) is 2.46. The Labute approximate surface area is 142 Å². The molecule has 0 fully saturated rings.